The van der Waals surface area contributed by atoms with Crippen molar-refractivity contribution in [1.29, 1.82) is 0 Å². The van der Waals surface area contributed by atoms with Crippen LogP contribution >= 0.6 is 0 Å². The van der Waals surface area contributed by atoms with Crippen molar-refractivity contribution >= 4 is 0 Å². The number of hydrogen-bond donors (Lipinski definition) is 1. The van der Waals surface area contributed by atoms with Gasteiger partial charge in [-0.15, -0.1) is 0 Å². The van der Waals surface area contributed by atoms with E-state index in [0.717, 1.165) is 23.7 Å². The fraction of sp³-hybridized carbons (Fsp3) is 1.00. The maximum atomic E-state index is 3.72. The monoisotopic (exact) mass is 267 g/mol. The third-order valence-corrected chi connectivity index (χ3v) is 4.76. The summed E-state index contributed by atoms with van der Waals surface area (Å²) in [5.74, 6) is 3.65. The maximum absolute atomic E-state index is 3.72. The van der Waals surface area contributed by atoms with Crippen molar-refractivity contribution in [3.63, 3.8) is 0 Å². The highest BCUT2D eigenvalue weighted by Gasteiger charge is 2.24. The van der Waals surface area contributed by atoms with Crippen molar-refractivity contribution in [3.8, 4) is 0 Å². The molecule has 1 aliphatic rings. The van der Waals surface area contributed by atoms with Gasteiger partial charge in [0.25, 0.3) is 0 Å². The van der Waals surface area contributed by atoms with E-state index in [1.807, 2.05) is 0 Å². The fourth-order valence-electron chi connectivity index (χ4n) is 3.73. The predicted molar refractivity (Wildman–Crippen MR) is 86.5 cm³/mol. The predicted octanol–water partition coefficient (Wildman–Crippen LogP) is 5.25. The van der Waals surface area contributed by atoms with Crippen molar-refractivity contribution in [2.45, 2.75) is 79.1 Å². The Morgan fingerprint density at radius 3 is 2.32 bits per heavy atom. The zero-order chi connectivity index (χ0) is 14.1. The quantitative estimate of drug-likeness (QED) is 0.592. The van der Waals surface area contributed by atoms with Gasteiger partial charge in [-0.25, -0.2) is 0 Å². The van der Waals surface area contributed by atoms with Crippen LogP contribution in [0.15, 0.2) is 0 Å². The van der Waals surface area contributed by atoms with Crippen LogP contribution in [0.2, 0.25) is 0 Å². The molecule has 0 spiro atoms. The Hall–Kier alpha value is -0.0400. The largest absolute Gasteiger partial charge is 0.316 e. The molecule has 1 heteroatoms. The highest BCUT2D eigenvalue weighted by molar-refractivity contribution is 4.77. The molecule has 0 aromatic rings. The van der Waals surface area contributed by atoms with Gasteiger partial charge in [-0.05, 0) is 49.6 Å². The number of hydrogen-bond acceptors (Lipinski definition) is 1. The van der Waals surface area contributed by atoms with Crippen molar-refractivity contribution in [1.82, 2.24) is 5.32 Å². The minimum absolute atomic E-state index is 0.781. The third kappa shape index (κ3) is 7.34. The first-order valence-corrected chi connectivity index (χ1v) is 8.84. The molecule has 1 saturated carbocycles. The molecule has 0 bridgehead atoms. The van der Waals surface area contributed by atoms with Gasteiger partial charge in [0.1, 0.15) is 0 Å². The molecule has 0 aromatic heterocycles. The lowest BCUT2D eigenvalue weighted by Crippen LogP contribution is -2.31. The summed E-state index contributed by atoms with van der Waals surface area (Å²) in [6.45, 7) is 11.9. The molecule has 0 radical (unpaired) electrons. The van der Waals surface area contributed by atoms with E-state index in [4.69, 9.17) is 0 Å². The topological polar surface area (TPSA) is 12.0 Å². The summed E-state index contributed by atoms with van der Waals surface area (Å²) in [7, 11) is 0. The van der Waals surface area contributed by atoms with Gasteiger partial charge in [-0.3, -0.25) is 0 Å². The van der Waals surface area contributed by atoms with Crippen LogP contribution in [0.3, 0.4) is 0 Å². The van der Waals surface area contributed by atoms with E-state index in [1.165, 1.54) is 64.5 Å². The minimum Gasteiger partial charge on any atom is -0.316 e. The summed E-state index contributed by atoms with van der Waals surface area (Å²) in [6.07, 6.45) is 11.6. The molecule has 3 atom stereocenters. The zero-order valence-corrected chi connectivity index (χ0v) is 13.9. The normalized spacial score (nSPS) is 26.4. The van der Waals surface area contributed by atoms with Crippen molar-refractivity contribution in [3.05, 3.63) is 0 Å². The average Bonchev–Trinajstić information content (AvgIpc) is 2.55. The van der Waals surface area contributed by atoms with Gasteiger partial charge in [0.05, 0.1) is 0 Å². The molecule has 0 heterocycles. The van der Waals surface area contributed by atoms with Crippen LogP contribution in [-0.2, 0) is 0 Å². The smallest absolute Gasteiger partial charge is 0.00178 e. The van der Waals surface area contributed by atoms with E-state index in [1.54, 1.807) is 0 Å². The van der Waals surface area contributed by atoms with E-state index in [9.17, 15) is 0 Å². The SMILES string of the molecule is CCCC(C)CC1CCCCCC1CNCC(C)C. The lowest BCUT2D eigenvalue weighted by Gasteiger charge is -2.28. The molecular weight excluding hydrogens is 230 g/mol. The van der Waals surface area contributed by atoms with Crippen LogP contribution in [-0.4, -0.2) is 13.1 Å². The van der Waals surface area contributed by atoms with Gasteiger partial charge in [0.2, 0.25) is 0 Å². The van der Waals surface area contributed by atoms with E-state index >= 15 is 0 Å². The molecule has 114 valence electrons. The van der Waals surface area contributed by atoms with Crippen LogP contribution in [0.5, 0.6) is 0 Å². The first kappa shape index (κ1) is 17.0. The first-order chi connectivity index (χ1) is 9.13. The minimum atomic E-state index is 0.781. The lowest BCUT2D eigenvalue weighted by molar-refractivity contribution is 0.243. The Morgan fingerprint density at radius 1 is 1.00 bits per heavy atom. The molecule has 1 nitrogen and oxygen atoms in total. The molecule has 1 fully saturated rings. The second kappa shape index (κ2) is 9.80. The van der Waals surface area contributed by atoms with E-state index in [2.05, 4.69) is 33.0 Å². The summed E-state index contributed by atoms with van der Waals surface area (Å²) in [5.41, 5.74) is 0. The van der Waals surface area contributed by atoms with Crippen LogP contribution in [0, 0.1) is 23.7 Å². The van der Waals surface area contributed by atoms with Crippen molar-refractivity contribution in [2.75, 3.05) is 13.1 Å². The summed E-state index contributed by atoms with van der Waals surface area (Å²) >= 11 is 0. The first-order valence-electron chi connectivity index (χ1n) is 8.84. The molecule has 0 aromatic carbocycles. The maximum Gasteiger partial charge on any atom is -0.00178 e. The highest BCUT2D eigenvalue weighted by atomic mass is 14.9. The van der Waals surface area contributed by atoms with Crippen molar-refractivity contribution in [2.24, 2.45) is 23.7 Å². The fourth-order valence-corrected chi connectivity index (χ4v) is 3.73. The van der Waals surface area contributed by atoms with Crippen molar-refractivity contribution < 1.29 is 0 Å². The Bertz CT molecular complexity index is 212. The van der Waals surface area contributed by atoms with Gasteiger partial charge in [-0.2, -0.15) is 0 Å². The standard InChI is InChI=1S/C18H37N/c1-5-9-16(4)12-17-10-7-6-8-11-18(17)14-19-13-15(2)3/h15-19H,5-14H2,1-4H3. The van der Waals surface area contributed by atoms with Gasteiger partial charge in [0.15, 0.2) is 0 Å². The van der Waals surface area contributed by atoms with E-state index in [-0.39, 0.29) is 0 Å². The highest BCUT2D eigenvalue weighted by Crippen LogP contribution is 2.33. The second-order valence-corrected chi connectivity index (χ2v) is 7.34. The summed E-state index contributed by atoms with van der Waals surface area (Å²) in [5, 5.41) is 3.72. The molecule has 1 N–H and O–H groups in total. The number of nitrogens with one attached hydrogen (secondary N) is 1. The van der Waals surface area contributed by atoms with Gasteiger partial charge < -0.3 is 5.32 Å². The molecule has 19 heavy (non-hydrogen) atoms. The Balaban J connectivity index is 2.41. The molecule has 1 aliphatic carbocycles. The lowest BCUT2D eigenvalue weighted by atomic mass is 9.80. The summed E-state index contributed by atoms with van der Waals surface area (Å²) < 4.78 is 0. The van der Waals surface area contributed by atoms with Crippen LogP contribution in [0.1, 0.15) is 79.1 Å². The molecule has 0 amide bonds. The van der Waals surface area contributed by atoms with Gasteiger partial charge in [-0.1, -0.05) is 66.2 Å². The zero-order valence-electron chi connectivity index (χ0n) is 13.9. The van der Waals surface area contributed by atoms with Crippen LogP contribution < -0.4 is 5.32 Å². The summed E-state index contributed by atoms with van der Waals surface area (Å²) in [6, 6.07) is 0. The molecule has 1 rings (SSSR count). The molecule has 3 unspecified atom stereocenters. The molecule has 0 saturated heterocycles. The third-order valence-electron chi connectivity index (χ3n) is 4.76. The Morgan fingerprint density at radius 2 is 1.68 bits per heavy atom. The molecule has 0 aliphatic heterocycles. The molecular formula is C18H37N. The number of rotatable bonds is 8. The van der Waals surface area contributed by atoms with E-state index < -0.39 is 0 Å². The average molecular weight is 268 g/mol. The Labute approximate surface area is 121 Å². The second-order valence-electron chi connectivity index (χ2n) is 7.34. The van der Waals surface area contributed by atoms with Crippen LogP contribution in [0.25, 0.3) is 0 Å². The Kier molecular flexibility index (Phi) is 8.77. The van der Waals surface area contributed by atoms with Gasteiger partial charge >= 0.3 is 0 Å². The summed E-state index contributed by atoms with van der Waals surface area (Å²) in [4.78, 5) is 0. The van der Waals surface area contributed by atoms with E-state index in [0.29, 0.717) is 0 Å². The van der Waals surface area contributed by atoms with Gasteiger partial charge in [0, 0.05) is 0 Å². The van der Waals surface area contributed by atoms with Crippen LogP contribution in [0.4, 0.5) is 0 Å².